The molecule has 0 saturated carbocycles. The van der Waals surface area contributed by atoms with Crippen LogP contribution in [-0.2, 0) is 20.9 Å². The highest BCUT2D eigenvalue weighted by Gasteiger charge is 2.26. The van der Waals surface area contributed by atoms with Crippen LogP contribution in [0.15, 0.2) is 24.3 Å². The van der Waals surface area contributed by atoms with Gasteiger partial charge in [0.1, 0.15) is 13.2 Å². The van der Waals surface area contributed by atoms with E-state index in [1.807, 2.05) is 6.07 Å². The van der Waals surface area contributed by atoms with Crippen molar-refractivity contribution in [1.29, 1.82) is 5.26 Å². The predicted molar refractivity (Wildman–Crippen MR) is 57.5 cm³/mol. The molecule has 1 aromatic carbocycles. The van der Waals surface area contributed by atoms with Crippen LogP contribution in [0.3, 0.4) is 0 Å². The van der Waals surface area contributed by atoms with Gasteiger partial charge in [-0.15, -0.1) is 0 Å². The van der Waals surface area contributed by atoms with E-state index in [0.717, 1.165) is 10.5 Å². The number of carbonyl (C=O) groups excluding carboxylic acids is 2. The number of nitriles is 1. The summed E-state index contributed by atoms with van der Waals surface area (Å²) in [4.78, 5) is 24.1. The highest BCUT2D eigenvalue weighted by Crippen LogP contribution is 2.10. The molecule has 2 rings (SSSR count). The van der Waals surface area contributed by atoms with Gasteiger partial charge in [0.2, 0.25) is 0 Å². The van der Waals surface area contributed by atoms with Gasteiger partial charge in [0.25, 0.3) is 11.8 Å². The van der Waals surface area contributed by atoms with Crippen LogP contribution in [0.1, 0.15) is 11.1 Å². The van der Waals surface area contributed by atoms with Crippen molar-refractivity contribution in [3.63, 3.8) is 0 Å². The van der Waals surface area contributed by atoms with Gasteiger partial charge in [-0.2, -0.15) is 5.26 Å². The minimum Gasteiger partial charge on any atom is -0.362 e. The Labute approximate surface area is 98.2 Å². The molecule has 86 valence electrons. The maximum atomic E-state index is 11.5. The second kappa shape index (κ2) is 4.76. The molecular weight excluding hydrogens is 220 g/mol. The Balaban J connectivity index is 2.16. The van der Waals surface area contributed by atoms with Gasteiger partial charge in [0.15, 0.2) is 0 Å². The molecule has 5 nitrogen and oxygen atoms in total. The van der Waals surface area contributed by atoms with E-state index in [0.29, 0.717) is 5.56 Å². The SMILES string of the molecule is N#Cc1cccc(CN2C(=O)COCC2=O)c1. The van der Waals surface area contributed by atoms with Crippen LogP contribution in [0, 0.1) is 11.3 Å². The van der Waals surface area contributed by atoms with E-state index in [1.165, 1.54) is 0 Å². The molecule has 1 aliphatic heterocycles. The molecule has 0 aromatic heterocycles. The molecule has 0 radical (unpaired) electrons. The zero-order chi connectivity index (χ0) is 12.3. The minimum absolute atomic E-state index is 0.0658. The Morgan fingerprint density at radius 1 is 1.29 bits per heavy atom. The van der Waals surface area contributed by atoms with Crippen LogP contribution in [0.25, 0.3) is 0 Å². The van der Waals surface area contributed by atoms with E-state index >= 15 is 0 Å². The fourth-order valence-electron chi connectivity index (χ4n) is 1.62. The van der Waals surface area contributed by atoms with Crippen LogP contribution >= 0.6 is 0 Å². The first kappa shape index (κ1) is 11.3. The Bertz CT molecular complexity index is 489. The Morgan fingerprint density at radius 2 is 2.00 bits per heavy atom. The first-order valence-electron chi connectivity index (χ1n) is 5.10. The predicted octanol–water partition coefficient (Wildman–Crippen LogP) is 0.444. The van der Waals surface area contributed by atoms with Crippen molar-refractivity contribution < 1.29 is 14.3 Å². The van der Waals surface area contributed by atoms with Gasteiger partial charge < -0.3 is 4.74 Å². The second-order valence-electron chi connectivity index (χ2n) is 3.68. The molecule has 17 heavy (non-hydrogen) atoms. The molecular formula is C12H10N2O3. The number of ether oxygens (including phenoxy) is 1. The van der Waals surface area contributed by atoms with Gasteiger partial charge in [-0.3, -0.25) is 14.5 Å². The third kappa shape index (κ3) is 2.49. The molecule has 1 heterocycles. The highest BCUT2D eigenvalue weighted by atomic mass is 16.5. The molecule has 0 spiro atoms. The van der Waals surface area contributed by atoms with E-state index in [1.54, 1.807) is 24.3 Å². The van der Waals surface area contributed by atoms with Gasteiger partial charge >= 0.3 is 0 Å². The van der Waals surface area contributed by atoms with Crippen molar-refractivity contribution in [3.8, 4) is 6.07 Å². The normalized spacial score (nSPS) is 15.8. The van der Waals surface area contributed by atoms with Gasteiger partial charge in [0, 0.05) is 0 Å². The third-order valence-electron chi connectivity index (χ3n) is 2.45. The van der Waals surface area contributed by atoms with Gasteiger partial charge in [0.05, 0.1) is 18.2 Å². The summed E-state index contributed by atoms with van der Waals surface area (Å²) >= 11 is 0. The Morgan fingerprint density at radius 3 is 2.65 bits per heavy atom. The molecule has 0 aliphatic carbocycles. The smallest absolute Gasteiger partial charge is 0.255 e. The fraction of sp³-hybridized carbons (Fsp3) is 0.250. The van der Waals surface area contributed by atoms with E-state index in [4.69, 9.17) is 10.00 Å². The summed E-state index contributed by atoms with van der Waals surface area (Å²) in [6.07, 6.45) is 0. The lowest BCUT2D eigenvalue weighted by molar-refractivity contribution is -0.159. The van der Waals surface area contributed by atoms with E-state index < -0.39 is 0 Å². The van der Waals surface area contributed by atoms with E-state index in [9.17, 15) is 9.59 Å². The van der Waals surface area contributed by atoms with Crippen molar-refractivity contribution in [2.75, 3.05) is 13.2 Å². The van der Waals surface area contributed by atoms with Gasteiger partial charge in [-0.1, -0.05) is 12.1 Å². The second-order valence-corrected chi connectivity index (χ2v) is 3.68. The van der Waals surface area contributed by atoms with Crippen LogP contribution in [-0.4, -0.2) is 29.9 Å². The summed E-state index contributed by atoms with van der Waals surface area (Å²) in [7, 11) is 0. The quantitative estimate of drug-likeness (QED) is 0.691. The van der Waals surface area contributed by atoms with Gasteiger partial charge in [-0.25, -0.2) is 0 Å². The monoisotopic (exact) mass is 230 g/mol. The van der Waals surface area contributed by atoms with Crippen LogP contribution in [0.4, 0.5) is 0 Å². The first-order chi connectivity index (χ1) is 8.20. The van der Waals surface area contributed by atoms with E-state index in [-0.39, 0.29) is 31.6 Å². The summed E-state index contributed by atoms with van der Waals surface area (Å²) in [6.45, 7) is 0.0594. The summed E-state index contributed by atoms with van der Waals surface area (Å²) < 4.78 is 4.81. The number of amides is 2. The van der Waals surface area contributed by atoms with Gasteiger partial charge in [-0.05, 0) is 17.7 Å². The number of benzene rings is 1. The maximum Gasteiger partial charge on any atom is 0.255 e. The molecule has 0 N–H and O–H groups in total. The first-order valence-corrected chi connectivity index (χ1v) is 5.10. The molecule has 0 unspecified atom stereocenters. The molecule has 1 aromatic rings. The topological polar surface area (TPSA) is 70.4 Å². The number of rotatable bonds is 2. The fourth-order valence-corrected chi connectivity index (χ4v) is 1.62. The van der Waals surface area contributed by atoms with Crippen LogP contribution in [0.5, 0.6) is 0 Å². The molecule has 0 atom stereocenters. The van der Waals surface area contributed by atoms with Crippen molar-refractivity contribution in [2.45, 2.75) is 6.54 Å². The Hall–Kier alpha value is -2.19. The standard InChI is InChI=1S/C12H10N2O3/c13-5-9-2-1-3-10(4-9)6-14-11(15)7-17-8-12(14)16/h1-4H,6-8H2. The molecule has 1 fully saturated rings. The molecule has 1 saturated heterocycles. The lowest BCUT2D eigenvalue weighted by Crippen LogP contribution is -2.45. The number of hydrogen-bond donors (Lipinski definition) is 0. The lowest BCUT2D eigenvalue weighted by atomic mass is 10.1. The van der Waals surface area contributed by atoms with Crippen LogP contribution < -0.4 is 0 Å². The average molecular weight is 230 g/mol. The molecule has 0 bridgehead atoms. The summed E-state index contributed by atoms with van der Waals surface area (Å²) in [5.41, 5.74) is 1.27. The summed E-state index contributed by atoms with van der Waals surface area (Å²) in [5, 5.41) is 8.75. The van der Waals surface area contributed by atoms with Crippen molar-refractivity contribution in [2.24, 2.45) is 0 Å². The number of morpholine rings is 1. The number of nitrogens with zero attached hydrogens (tertiary/aromatic N) is 2. The molecule has 5 heteroatoms. The average Bonchev–Trinajstić information content (AvgIpc) is 2.34. The Kier molecular flexibility index (Phi) is 3.17. The number of hydrogen-bond acceptors (Lipinski definition) is 4. The lowest BCUT2D eigenvalue weighted by Gasteiger charge is -2.24. The summed E-state index contributed by atoms with van der Waals surface area (Å²) in [5.74, 6) is -0.688. The number of imide groups is 1. The minimum atomic E-state index is -0.344. The molecule has 1 aliphatic rings. The van der Waals surface area contributed by atoms with Crippen molar-refractivity contribution >= 4 is 11.8 Å². The zero-order valence-electron chi connectivity index (χ0n) is 9.05. The largest absolute Gasteiger partial charge is 0.362 e. The summed E-state index contributed by atoms with van der Waals surface area (Å²) in [6, 6.07) is 8.85. The maximum absolute atomic E-state index is 11.5. The zero-order valence-corrected chi connectivity index (χ0v) is 9.05. The van der Waals surface area contributed by atoms with Crippen molar-refractivity contribution in [3.05, 3.63) is 35.4 Å². The van der Waals surface area contributed by atoms with E-state index in [2.05, 4.69) is 0 Å². The molecule has 2 amide bonds. The highest BCUT2D eigenvalue weighted by molar-refractivity contribution is 5.98. The third-order valence-corrected chi connectivity index (χ3v) is 2.45. The van der Waals surface area contributed by atoms with Crippen LogP contribution in [0.2, 0.25) is 0 Å². The number of carbonyl (C=O) groups is 2. The van der Waals surface area contributed by atoms with Crippen molar-refractivity contribution in [1.82, 2.24) is 4.90 Å².